The van der Waals surface area contributed by atoms with Gasteiger partial charge < -0.3 is 24.6 Å². The number of Topliss-reactive ketones (excluding diaryl/α,β-unsaturated/α-hetero) is 1. The van der Waals surface area contributed by atoms with Gasteiger partial charge in [0.25, 0.3) is 0 Å². The molecule has 8 nitrogen and oxygen atoms in total. The molecular weight excluding hydrogens is 414 g/mol. The Morgan fingerprint density at radius 3 is 2.56 bits per heavy atom. The molecule has 1 aliphatic carbocycles. The number of esters is 2. The number of allylic oxidation sites excluding steroid dienone is 3. The van der Waals surface area contributed by atoms with Crippen LogP contribution in [0.3, 0.4) is 0 Å². The number of rotatable bonds is 6. The SMILES string of the molecule is CCOC(=O)C1=C(C)NC2=C(C(=O)C(C(=O)OC)C(C)C2)C1c1ccc(O)c(OCC)c1. The molecule has 0 bridgehead atoms. The Bertz CT molecular complexity index is 1010. The lowest BCUT2D eigenvalue weighted by Crippen LogP contribution is -2.43. The van der Waals surface area contributed by atoms with Gasteiger partial charge in [-0.15, -0.1) is 0 Å². The Morgan fingerprint density at radius 2 is 1.94 bits per heavy atom. The topological polar surface area (TPSA) is 111 Å². The van der Waals surface area contributed by atoms with Crippen molar-refractivity contribution < 1.29 is 33.7 Å². The number of ketones is 1. The van der Waals surface area contributed by atoms with Gasteiger partial charge in [-0.25, -0.2) is 4.79 Å². The maximum absolute atomic E-state index is 13.6. The first kappa shape index (κ1) is 23.4. The Kier molecular flexibility index (Phi) is 6.91. The highest BCUT2D eigenvalue weighted by Gasteiger charge is 2.47. The van der Waals surface area contributed by atoms with Gasteiger partial charge in [0.15, 0.2) is 17.3 Å². The Hall–Kier alpha value is -3.29. The van der Waals surface area contributed by atoms with Crippen LogP contribution in [0.25, 0.3) is 0 Å². The highest BCUT2D eigenvalue weighted by molar-refractivity contribution is 6.12. The quantitative estimate of drug-likeness (QED) is 0.510. The van der Waals surface area contributed by atoms with E-state index in [0.717, 1.165) is 0 Å². The minimum atomic E-state index is -0.964. The van der Waals surface area contributed by atoms with Crippen molar-refractivity contribution in [1.29, 1.82) is 0 Å². The maximum Gasteiger partial charge on any atom is 0.336 e. The standard InChI is InChI=1S/C24H29NO7/c1-6-31-17-11-14(8-9-16(17)26)20-19(24(29)32-7-2)13(4)25-15-10-12(3)18(23(28)30-5)22(27)21(15)20/h8-9,11-12,18,20,25-26H,6-7,10H2,1-5H3. The number of aromatic hydroxyl groups is 1. The number of phenolic OH excluding ortho intramolecular Hbond substituents is 1. The van der Waals surface area contributed by atoms with E-state index in [1.807, 2.05) is 6.92 Å². The minimum absolute atomic E-state index is 0.0480. The summed E-state index contributed by atoms with van der Waals surface area (Å²) in [6.45, 7) is 7.58. The second kappa shape index (κ2) is 9.46. The number of methoxy groups -OCH3 is 1. The van der Waals surface area contributed by atoms with Crippen LogP contribution >= 0.6 is 0 Å². The van der Waals surface area contributed by atoms with Gasteiger partial charge in [-0.05, 0) is 50.8 Å². The molecule has 172 valence electrons. The highest BCUT2D eigenvalue weighted by atomic mass is 16.5. The molecule has 0 saturated carbocycles. The molecule has 0 spiro atoms. The fourth-order valence-electron chi connectivity index (χ4n) is 4.47. The molecule has 3 atom stereocenters. The van der Waals surface area contributed by atoms with E-state index >= 15 is 0 Å². The number of carbonyl (C=O) groups excluding carboxylic acids is 3. The van der Waals surface area contributed by atoms with Gasteiger partial charge in [0.2, 0.25) is 0 Å². The van der Waals surface area contributed by atoms with E-state index in [0.29, 0.717) is 35.6 Å². The summed E-state index contributed by atoms with van der Waals surface area (Å²) in [7, 11) is 1.26. The zero-order valence-electron chi connectivity index (χ0n) is 19.0. The molecule has 1 aromatic rings. The number of carbonyl (C=O) groups is 3. The molecule has 3 unspecified atom stereocenters. The van der Waals surface area contributed by atoms with Crippen molar-refractivity contribution in [3.63, 3.8) is 0 Å². The monoisotopic (exact) mass is 443 g/mol. The Labute approximate surface area is 187 Å². The van der Waals surface area contributed by atoms with E-state index in [1.54, 1.807) is 32.9 Å². The van der Waals surface area contributed by atoms with E-state index in [1.165, 1.54) is 13.2 Å². The molecule has 8 heteroatoms. The lowest BCUT2D eigenvalue weighted by Gasteiger charge is -2.38. The predicted octanol–water partition coefficient (Wildman–Crippen LogP) is 2.97. The summed E-state index contributed by atoms with van der Waals surface area (Å²) in [5.74, 6) is -3.36. The first-order valence-corrected chi connectivity index (χ1v) is 10.7. The van der Waals surface area contributed by atoms with Crippen molar-refractivity contribution in [2.24, 2.45) is 11.8 Å². The van der Waals surface area contributed by atoms with Crippen LogP contribution in [0.1, 0.15) is 45.6 Å². The first-order chi connectivity index (χ1) is 15.2. The van der Waals surface area contributed by atoms with Crippen LogP contribution in [0.15, 0.2) is 40.7 Å². The molecule has 2 aliphatic rings. The summed E-state index contributed by atoms with van der Waals surface area (Å²) in [4.78, 5) is 39.0. The Morgan fingerprint density at radius 1 is 1.22 bits per heavy atom. The number of hydrogen-bond donors (Lipinski definition) is 2. The van der Waals surface area contributed by atoms with Gasteiger partial charge in [0.05, 0.1) is 25.9 Å². The normalized spacial score (nSPS) is 22.8. The van der Waals surface area contributed by atoms with E-state index in [-0.39, 0.29) is 35.4 Å². The summed E-state index contributed by atoms with van der Waals surface area (Å²) in [5, 5.41) is 13.4. The van der Waals surface area contributed by atoms with Crippen LogP contribution in [0, 0.1) is 11.8 Å². The number of benzene rings is 1. The van der Waals surface area contributed by atoms with Crippen molar-refractivity contribution in [2.75, 3.05) is 20.3 Å². The van der Waals surface area contributed by atoms with Crippen molar-refractivity contribution >= 4 is 17.7 Å². The van der Waals surface area contributed by atoms with Crippen molar-refractivity contribution in [1.82, 2.24) is 5.32 Å². The second-order valence-corrected chi connectivity index (χ2v) is 7.92. The molecule has 2 N–H and O–H groups in total. The maximum atomic E-state index is 13.6. The average molecular weight is 443 g/mol. The van der Waals surface area contributed by atoms with Gasteiger partial charge in [-0.2, -0.15) is 0 Å². The van der Waals surface area contributed by atoms with Crippen LogP contribution in [-0.4, -0.2) is 43.2 Å². The molecule has 0 saturated heterocycles. The van der Waals surface area contributed by atoms with Crippen LogP contribution in [0.2, 0.25) is 0 Å². The largest absolute Gasteiger partial charge is 0.504 e. The Balaban J connectivity index is 2.22. The minimum Gasteiger partial charge on any atom is -0.504 e. The number of hydrogen-bond acceptors (Lipinski definition) is 8. The van der Waals surface area contributed by atoms with Gasteiger partial charge in [0, 0.05) is 22.9 Å². The van der Waals surface area contributed by atoms with Gasteiger partial charge in [-0.1, -0.05) is 13.0 Å². The van der Waals surface area contributed by atoms with Gasteiger partial charge in [-0.3, -0.25) is 9.59 Å². The van der Waals surface area contributed by atoms with Crippen LogP contribution in [0.5, 0.6) is 11.5 Å². The van der Waals surface area contributed by atoms with Gasteiger partial charge >= 0.3 is 11.9 Å². The summed E-state index contributed by atoms with van der Waals surface area (Å²) in [5.41, 5.74) is 2.44. The third-order valence-electron chi connectivity index (χ3n) is 5.86. The summed E-state index contributed by atoms with van der Waals surface area (Å²) >= 11 is 0. The zero-order valence-corrected chi connectivity index (χ0v) is 19.0. The van der Waals surface area contributed by atoms with E-state index in [9.17, 15) is 19.5 Å². The van der Waals surface area contributed by atoms with Crippen molar-refractivity contribution in [2.45, 2.75) is 40.0 Å². The lowest BCUT2D eigenvalue weighted by atomic mass is 9.69. The molecule has 0 radical (unpaired) electrons. The zero-order chi connectivity index (χ0) is 23.6. The summed E-state index contributed by atoms with van der Waals surface area (Å²) < 4.78 is 15.7. The fourth-order valence-corrected chi connectivity index (χ4v) is 4.47. The fraction of sp³-hybridized carbons (Fsp3) is 0.458. The number of ether oxygens (including phenoxy) is 3. The molecule has 1 aromatic carbocycles. The molecule has 3 rings (SSSR count). The highest BCUT2D eigenvalue weighted by Crippen LogP contribution is 2.46. The first-order valence-electron chi connectivity index (χ1n) is 10.7. The average Bonchev–Trinajstić information content (AvgIpc) is 2.74. The molecule has 0 fully saturated rings. The molecule has 1 heterocycles. The number of phenols is 1. The van der Waals surface area contributed by atoms with Gasteiger partial charge in [0.1, 0.15) is 5.92 Å². The number of nitrogens with one attached hydrogen (secondary N) is 1. The van der Waals surface area contributed by atoms with E-state index in [4.69, 9.17) is 14.2 Å². The predicted molar refractivity (Wildman–Crippen MR) is 116 cm³/mol. The lowest BCUT2D eigenvalue weighted by molar-refractivity contribution is -0.151. The third kappa shape index (κ3) is 4.09. The van der Waals surface area contributed by atoms with Crippen molar-refractivity contribution in [3.05, 3.63) is 46.3 Å². The molecule has 32 heavy (non-hydrogen) atoms. The smallest absolute Gasteiger partial charge is 0.336 e. The van der Waals surface area contributed by atoms with Crippen LogP contribution in [0.4, 0.5) is 0 Å². The molecule has 0 amide bonds. The summed E-state index contributed by atoms with van der Waals surface area (Å²) in [6.07, 6.45) is 0.446. The number of dihydropyridines is 1. The molecule has 1 aliphatic heterocycles. The van der Waals surface area contributed by atoms with Crippen molar-refractivity contribution in [3.8, 4) is 11.5 Å². The summed E-state index contributed by atoms with van der Waals surface area (Å²) in [6, 6.07) is 4.72. The second-order valence-electron chi connectivity index (χ2n) is 7.92. The van der Waals surface area contributed by atoms with E-state index < -0.39 is 23.8 Å². The van der Waals surface area contributed by atoms with Crippen LogP contribution in [-0.2, 0) is 23.9 Å². The third-order valence-corrected chi connectivity index (χ3v) is 5.86. The van der Waals surface area contributed by atoms with E-state index in [2.05, 4.69) is 5.32 Å². The molecule has 0 aromatic heterocycles. The molecular formula is C24H29NO7. The van der Waals surface area contributed by atoms with Crippen LogP contribution < -0.4 is 10.1 Å².